The van der Waals surface area contributed by atoms with Crippen LogP contribution in [0.2, 0.25) is 0 Å². The second kappa shape index (κ2) is 8.44. The first kappa shape index (κ1) is 20.3. The van der Waals surface area contributed by atoms with Crippen LogP contribution in [0.5, 0.6) is 0 Å². The molecule has 154 valence electrons. The van der Waals surface area contributed by atoms with E-state index >= 15 is 0 Å². The molecule has 2 atom stereocenters. The number of benzene rings is 2. The molecule has 0 fully saturated rings. The van der Waals surface area contributed by atoms with Crippen molar-refractivity contribution in [2.45, 2.75) is 44.9 Å². The SMILES string of the molecule is CCC[C@H]1N=C2c3ccccc3N=C(S[C@H](C)C(=O)Nc3cccc(C)c3)N2C1=O. The average Bonchev–Trinajstić information content (AvgIpc) is 3.05. The van der Waals surface area contributed by atoms with Gasteiger partial charge in [-0.05, 0) is 50.1 Å². The highest BCUT2D eigenvalue weighted by Crippen LogP contribution is 2.35. The van der Waals surface area contributed by atoms with Crippen molar-refractivity contribution in [1.29, 1.82) is 0 Å². The summed E-state index contributed by atoms with van der Waals surface area (Å²) >= 11 is 1.28. The molecule has 2 amide bonds. The Kier molecular flexibility index (Phi) is 5.72. The van der Waals surface area contributed by atoms with Crippen LogP contribution in [-0.4, -0.2) is 39.0 Å². The topological polar surface area (TPSA) is 74.1 Å². The Bertz CT molecular complexity index is 1060. The van der Waals surface area contributed by atoms with Crippen LogP contribution in [0.3, 0.4) is 0 Å². The van der Waals surface area contributed by atoms with Crippen molar-refractivity contribution < 1.29 is 9.59 Å². The summed E-state index contributed by atoms with van der Waals surface area (Å²) in [6.07, 6.45) is 1.57. The first-order chi connectivity index (χ1) is 14.5. The number of rotatable bonds is 5. The van der Waals surface area contributed by atoms with E-state index in [2.05, 4.69) is 5.32 Å². The van der Waals surface area contributed by atoms with Gasteiger partial charge in [0.1, 0.15) is 11.9 Å². The molecule has 0 bridgehead atoms. The normalized spacial score (nSPS) is 18.3. The lowest BCUT2D eigenvalue weighted by molar-refractivity contribution is -0.124. The highest BCUT2D eigenvalue weighted by molar-refractivity contribution is 8.15. The Hall–Kier alpha value is -2.93. The summed E-state index contributed by atoms with van der Waals surface area (Å²) in [5.41, 5.74) is 3.45. The number of carbonyl (C=O) groups excluding carboxylic acids is 2. The number of anilines is 1. The zero-order valence-electron chi connectivity index (χ0n) is 17.3. The summed E-state index contributed by atoms with van der Waals surface area (Å²) in [7, 11) is 0. The van der Waals surface area contributed by atoms with Crippen LogP contribution in [-0.2, 0) is 9.59 Å². The molecule has 0 aliphatic carbocycles. The van der Waals surface area contributed by atoms with Gasteiger partial charge in [-0.3, -0.25) is 14.6 Å². The molecule has 0 unspecified atom stereocenters. The number of carbonyl (C=O) groups is 2. The van der Waals surface area contributed by atoms with E-state index in [0.717, 1.165) is 28.9 Å². The van der Waals surface area contributed by atoms with Crippen LogP contribution >= 0.6 is 11.8 Å². The third-order valence-electron chi connectivity index (χ3n) is 5.05. The molecule has 0 radical (unpaired) electrons. The van der Waals surface area contributed by atoms with E-state index < -0.39 is 11.3 Å². The summed E-state index contributed by atoms with van der Waals surface area (Å²) < 4.78 is 0. The van der Waals surface area contributed by atoms with Crippen LogP contribution in [0.15, 0.2) is 58.5 Å². The molecular weight excluding hydrogens is 396 g/mol. The van der Waals surface area contributed by atoms with E-state index in [-0.39, 0.29) is 11.8 Å². The number of amides is 2. The van der Waals surface area contributed by atoms with E-state index in [1.54, 1.807) is 4.90 Å². The Labute approximate surface area is 180 Å². The van der Waals surface area contributed by atoms with Crippen LogP contribution in [0.1, 0.15) is 37.8 Å². The predicted molar refractivity (Wildman–Crippen MR) is 122 cm³/mol. The summed E-state index contributed by atoms with van der Waals surface area (Å²) in [4.78, 5) is 36.8. The lowest BCUT2D eigenvalue weighted by Gasteiger charge is -2.26. The molecule has 4 rings (SSSR count). The number of fused-ring (bicyclic) bond motifs is 3. The lowest BCUT2D eigenvalue weighted by Crippen LogP contribution is -2.42. The maximum atomic E-state index is 13.0. The Morgan fingerprint density at radius 3 is 2.80 bits per heavy atom. The summed E-state index contributed by atoms with van der Waals surface area (Å²) in [6.45, 7) is 5.84. The van der Waals surface area contributed by atoms with Crippen molar-refractivity contribution in [3.63, 3.8) is 0 Å². The minimum atomic E-state index is -0.436. The fourth-order valence-electron chi connectivity index (χ4n) is 3.52. The van der Waals surface area contributed by atoms with Gasteiger partial charge in [-0.25, -0.2) is 9.89 Å². The standard InChI is InChI=1S/C23H24N4O2S/c1-4-8-19-22(29)27-20(25-19)17-11-5-6-12-18(17)26-23(27)30-15(3)21(28)24-16-10-7-9-14(2)13-16/h5-7,9-13,15,19H,4,8H2,1-3H3,(H,24,28)/t15-,19-/m1/s1. The first-order valence-electron chi connectivity index (χ1n) is 10.1. The predicted octanol–water partition coefficient (Wildman–Crippen LogP) is 4.51. The number of nitrogens with one attached hydrogen (secondary N) is 1. The van der Waals surface area contributed by atoms with E-state index in [1.807, 2.05) is 69.3 Å². The fraction of sp³-hybridized carbons (Fsp3) is 0.304. The van der Waals surface area contributed by atoms with Crippen LogP contribution in [0.25, 0.3) is 0 Å². The number of amidine groups is 2. The number of aryl methyl sites for hydroxylation is 1. The molecule has 2 heterocycles. The number of hydrogen-bond donors (Lipinski definition) is 1. The molecule has 0 aromatic heterocycles. The Morgan fingerprint density at radius 2 is 2.03 bits per heavy atom. The van der Waals surface area contributed by atoms with Crippen molar-refractivity contribution in [2.75, 3.05) is 5.32 Å². The van der Waals surface area contributed by atoms with Gasteiger partial charge in [0.15, 0.2) is 5.17 Å². The molecular formula is C23H24N4O2S. The van der Waals surface area contributed by atoms with Gasteiger partial charge in [0.05, 0.1) is 10.9 Å². The third-order valence-corrected chi connectivity index (χ3v) is 6.10. The number of hydrogen-bond acceptors (Lipinski definition) is 5. The van der Waals surface area contributed by atoms with Gasteiger partial charge in [0.25, 0.3) is 5.91 Å². The monoisotopic (exact) mass is 420 g/mol. The number of para-hydroxylation sites is 1. The van der Waals surface area contributed by atoms with Crippen molar-refractivity contribution in [3.05, 3.63) is 59.7 Å². The van der Waals surface area contributed by atoms with E-state index in [1.165, 1.54) is 11.8 Å². The lowest BCUT2D eigenvalue weighted by atomic mass is 10.1. The Balaban J connectivity index is 1.58. The van der Waals surface area contributed by atoms with Crippen LogP contribution in [0, 0.1) is 6.92 Å². The number of aliphatic imine (C=N–C) groups is 2. The second-order valence-corrected chi connectivity index (χ2v) is 8.77. The Morgan fingerprint density at radius 1 is 1.23 bits per heavy atom. The van der Waals surface area contributed by atoms with E-state index in [4.69, 9.17) is 9.98 Å². The van der Waals surface area contributed by atoms with Crippen molar-refractivity contribution >= 4 is 46.0 Å². The zero-order chi connectivity index (χ0) is 21.3. The van der Waals surface area contributed by atoms with Gasteiger partial charge in [0, 0.05) is 11.3 Å². The summed E-state index contributed by atoms with van der Waals surface area (Å²) in [5, 5.41) is 3.01. The van der Waals surface area contributed by atoms with Gasteiger partial charge in [-0.2, -0.15) is 0 Å². The summed E-state index contributed by atoms with van der Waals surface area (Å²) in [5.74, 6) is 0.430. The highest BCUT2D eigenvalue weighted by Gasteiger charge is 2.41. The minimum Gasteiger partial charge on any atom is -0.325 e. The number of thioether (sulfide) groups is 1. The number of nitrogens with zero attached hydrogens (tertiary/aromatic N) is 3. The van der Waals surface area contributed by atoms with Crippen molar-refractivity contribution in [1.82, 2.24) is 4.90 Å². The molecule has 7 heteroatoms. The van der Waals surface area contributed by atoms with Crippen molar-refractivity contribution in [3.8, 4) is 0 Å². The fourth-order valence-corrected chi connectivity index (χ4v) is 4.44. The molecule has 1 N–H and O–H groups in total. The van der Waals surface area contributed by atoms with E-state index in [9.17, 15) is 9.59 Å². The molecule has 2 aromatic rings. The van der Waals surface area contributed by atoms with Crippen LogP contribution < -0.4 is 5.32 Å². The molecule has 2 aromatic carbocycles. The molecule has 2 aliphatic rings. The van der Waals surface area contributed by atoms with Crippen molar-refractivity contribution in [2.24, 2.45) is 9.98 Å². The maximum Gasteiger partial charge on any atom is 0.259 e. The molecule has 0 saturated heterocycles. The highest BCUT2D eigenvalue weighted by atomic mass is 32.2. The third kappa shape index (κ3) is 3.89. The van der Waals surface area contributed by atoms with Gasteiger partial charge < -0.3 is 5.32 Å². The quantitative estimate of drug-likeness (QED) is 0.773. The smallest absolute Gasteiger partial charge is 0.259 e. The van der Waals surface area contributed by atoms with Gasteiger partial charge in [0.2, 0.25) is 5.91 Å². The minimum absolute atomic E-state index is 0.0705. The molecule has 0 spiro atoms. The van der Waals surface area contributed by atoms with Gasteiger partial charge in [-0.15, -0.1) is 0 Å². The first-order valence-corrected chi connectivity index (χ1v) is 11.0. The maximum absolute atomic E-state index is 13.0. The average molecular weight is 421 g/mol. The zero-order valence-corrected chi connectivity index (χ0v) is 18.1. The van der Waals surface area contributed by atoms with Crippen LogP contribution in [0.4, 0.5) is 11.4 Å². The molecule has 2 aliphatic heterocycles. The second-order valence-electron chi connectivity index (χ2n) is 7.46. The largest absolute Gasteiger partial charge is 0.325 e. The molecule has 30 heavy (non-hydrogen) atoms. The summed E-state index contributed by atoms with van der Waals surface area (Å²) in [6, 6.07) is 15.0. The molecule has 0 saturated carbocycles. The van der Waals surface area contributed by atoms with Gasteiger partial charge >= 0.3 is 0 Å². The molecule has 6 nitrogen and oxygen atoms in total. The van der Waals surface area contributed by atoms with E-state index in [0.29, 0.717) is 17.4 Å². The van der Waals surface area contributed by atoms with Gasteiger partial charge in [-0.1, -0.05) is 49.4 Å².